The molecular weight excluding hydrogens is 844 g/mol. The third-order valence-electron chi connectivity index (χ3n) is 9.39. The first kappa shape index (κ1) is 50.0. The van der Waals surface area contributed by atoms with Crippen molar-refractivity contribution in [1.82, 2.24) is 24.4 Å². The molecule has 0 radical (unpaired) electrons. The van der Waals surface area contributed by atoms with Crippen LogP contribution >= 0.6 is 0 Å². The highest BCUT2D eigenvalue weighted by atomic mass is 19.3. The van der Waals surface area contributed by atoms with Gasteiger partial charge >= 0.3 is 17.8 Å². The first-order valence-corrected chi connectivity index (χ1v) is 20.6. The molecule has 1 atom stereocenters. The fourth-order valence-electron chi connectivity index (χ4n) is 6.73. The number of nitrogens with one attached hydrogen (secondary N) is 1. The molecule has 7 rings (SSSR count). The number of morpholine rings is 1. The number of anilines is 1. The van der Waals surface area contributed by atoms with Gasteiger partial charge in [0.25, 0.3) is 11.5 Å². The monoisotopic (exact) mass is 894 g/mol. The van der Waals surface area contributed by atoms with Crippen LogP contribution < -0.4 is 30.9 Å². The van der Waals surface area contributed by atoms with Crippen molar-refractivity contribution in [1.29, 1.82) is 0 Å². The number of benzene rings is 3. The lowest BCUT2D eigenvalue weighted by molar-refractivity contribution is -0.161. The van der Waals surface area contributed by atoms with Gasteiger partial charge in [0, 0.05) is 56.9 Å². The van der Waals surface area contributed by atoms with Crippen LogP contribution in [-0.2, 0) is 23.0 Å². The molecule has 13 nitrogen and oxygen atoms in total. The Balaban J connectivity index is 0.00000105. The van der Waals surface area contributed by atoms with Crippen LogP contribution in [0.2, 0.25) is 0 Å². The number of amides is 1. The summed E-state index contributed by atoms with van der Waals surface area (Å²) in [6, 6.07) is 14.5. The molecule has 342 valence electrons. The topological polar surface area (TPSA) is 147 Å². The Morgan fingerprint density at radius 3 is 2.22 bits per heavy atom. The van der Waals surface area contributed by atoms with Crippen molar-refractivity contribution in [3.05, 3.63) is 129 Å². The van der Waals surface area contributed by atoms with Gasteiger partial charge in [0.15, 0.2) is 11.5 Å². The number of rotatable bonds is 10. The zero-order valence-electron chi connectivity index (χ0n) is 36.8. The summed E-state index contributed by atoms with van der Waals surface area (Å²) in [5, 5.41) is 3.25. The van der Waals surface area contributed by atoms with Gasteiger partial charge in [-0.3, -0.25) is 24.1 Å². The van der Waals surface area contributed by atoms with E-state index in [0.717, 1.165) is 11.5 Å². The van der Waals surface area contributed by atoms with E-state index in [1.165, 1.54) is 72.7 Å². The van der Waals surface area contributed by atoms with Crippen LogP contribution in [0.5, 0.6) is 11.5 Å². The molecule has 6 aromatic rings. The highest BCUT2D eigenvalue weighted by Crippen LogP contribution is 2.32. The van der Waals surface area contributed by atoms with Crippen LogP contribution in [-0.4, -0.2) is 75.9 Å². The number of ether oxygens (including phenoxy) is 3. The Morgan fingerprint density at radius 2 is 1.58 bits per heavy atom. The maximum atomic E-state index is 15.8. The number of hydrogen-bond donors (Lipinski definition) is 1. The van der Waals surface area contributed by atoms with Gasteiger partial charge in [0.05, 0.1) is 47.1 Å². The fourth-order valence-corrected chi connectivity index (χ4v) is 6.73. The number of aromatic nitrogens is 4. The van der Waals surface area contributed by atoms with Gasteiger partial charge in [-0.2, -0.15) is 8.78 Å². The molecule has 3 aromatic carbocycles. The zero-order valence-corrected chi connectivity index (χ0v) is 36.8. The minimum atomic E-state index is -3.61. The van der Waals surface area contributed by atoms with Crippen LogP contribution in [0.1, 0.15) is 63.0 Å². The SMILES string of the molecule is CC.CC.CC(F)F.Cc1cc(N2CCOCC2)cc(F)c1C(=O)NC(Cc1ccc(-n2c(=O)c3ccncc3n(C)c2=O)c2ncccc12)C(=O)Oc1ccccc1OC(C)(F)F. The van der Waals surface area contributed by atoms with Gasteiger partial charge in [-0.15, -0.1) is 0 Å². The van der Waals surface area contributed by atoms with Gasteiger partial charge in [0.2, 0.25) is 6.43 Å². The van der Waals surface area contributed by atoms with E-state index in [9.17, 15) is 36.7 Å². The van der Waals surface area contributed by atoms with E-state index in [2.05, 4.69) is 15.3 Å². The lowest BCUT2D eigenvalue weighted by Gasteiger charge is -2.29. The highest BCUT2D eigenvalue weighted by molar-refractivity contribution is 5.99. The summed E-state index contributed by atoms with van der Waals surface area (Å²) in [6.45, 7) is 12.9. The largest absolute Gasteiger partial charge is 0.429 e. The average molecular weight is 895 g/mol. The van der Waals surface area contributed by atoms with Crippen molar-refractivity contribution in [2.75, 3.05) is 31.2 Å². The van der Waals surface area contributed by atoms with Crippen molar-refractivity contribution in [2.45, 2.75) is 73.5 Å². The number of carbonyl (C=O) groups is 2. The molecule has 1 saturated heterocycles. The summed E-state index contributed by atoms with van der Waals surface area (Å²) in [6.07, 6.45) is -1.73. The molecule has 1 amide bonds. The lowest BCUT2D eigenvalue weighted by Crippen LogP contribution is -2.45. The number of hydrogen-bond acceptors (Lipinski definition) is 10. The van der Waals surface area contributed by atoms with Gasteiger partial charge < -0.3 is 24.4 Å². The molecule has 1 aliphatic heterocycles. The van der Waals surface area contributed by atoms with E-state index < -0.39 is 53.3 Å². The van der Waals surface area contributed by atoms with E-state index >= 15 is 4.39 Å². The molecule has 0 aliphatic carbocycles. The number of aryl methyl sites for hydroxylation is 2. The molecular formula is C46H51F5N6O7. The number of carbonyl (C=O) groups excluding carboxylic acids is 2. The summed E-state index contributed by atoms with van der Waals surface area (Å²) in [5.74, 6) is -3.61. The van der Waals surface area contributed by atoms with Crippen molar-refractivity contribution in [3.8, 4) is 17.2 Å². The molecule has 18 heteroatoms. The molecule has 1 fully saturated rings. The third-order valence-corrected chi connectivity index (χ3v) is 9.39. The summed E-state index contributed by atoms with van der Waals surface area (Å²) in [5.41, 5.74) is 0.433. The lowest BCUT2D eigenvalue weighted by atomic mass is 9.99. The van der Waals surface area contributed by atoms with E-state index in [1.54, 1.807) is 31.2 Å². The molecule has 0 saturated carbocycles. The Morgan fingerprint density at radius 1 is 0.922 bits per heavy atom. The second-order valence-electron chi connectivity index (χ2n) is 13.8. The van der Waals surface area contributed by atoms with Crippen LogP contribution in [0.25, 0.3) is 27.5 Å². The van der Waals surface area contributed by atoms with Gasteiger partial charge in [0.1, 0.15) is 11.9 Å². The Hall–Kier alpha value is -6.69. The van der Waals surface area contributed by atoms with Gasteiger partial charge in [-0.25, -0.2) is 27.3 Å². The molecule has 0 bridgehead atoms. The summed E-state index contributed by atoms with van der Waals surface area (Å²) >= 11 is 0. The van der Waals surface area contributed by atoms with Crippen molar-refractivity contribution >= 4 is 39.4 Å². The third kappa shape index (κ3) is 12.1. The molecule has 4 heterocycles. The fraction of sp³-hybridized carbons (Fsp3) is 0.348. The number of pyridine rings is 2. The van der Waals surface area contributed by atoms with Crippen molar-refractivity contribution in [3.63, 3.8) is 0 Å². The van der Waals surface area contributed by atoms with Crippen LogP contribution in [0.15, 0.2) is 94.9 Å². The number of esters is 1. The Labute approximate surface area is 366 Å². The Bertz CT molecular complexity index is 2650. The second-order valence-corrected chi connectivity index (χ2v) is 13.8. The molecule has 1 N–H and O–H groups in total. The predicted octanol–water partition coefficient (Wildman–Crippen LogP) is 8.18. The standard InChI is InChI=1S/C40H35F3N6O7.C2H4F2.2C2H6/c1-23-19-25(48-15-17-54-18-16-48)21-28(41)34(23)36(50)46-29(38(52)55-32-8-4-5-9-33(32)56-40(2,42)43)20-24-10-11-30(35-26(24)7-6-13-45-35)49-37(51)27-12-14-44-22-31(27)47(3)39(49)53;1-2(3)4;2*1-2/h4-14,19,21-22,29H,15-18,20H2,1-3H3,(H,46,50);2H,1H3;2*1-2H3. The van der Waals surface area contributed by atoms with Gasteiger partial charge in [-0.05, 0) is 67.4 Å². The van der Waals surface area contributed by atoms with Crippen LogP contribution in [0.3, 0.4) is 0 Å². The maximum Gasteiger partial charge on any atom is 0.395 e. The maximum absolute atomic E-state index is 15.8. The number of alkyl halides is 4. The minimum Gasteiger partial charge on any atom is -0.429 e. The molecule has 3 aromatic heterocycles. The number of halogens is 5. The number of fused-ring (bicyclic) bond motifs is 2. The molecule has 1 unspecified atom stereocenters. The summed E-state index contributed by atoms with van der Waals surface area (Å²) in [4.78, 5) is 65.6. The quantitative estimate of drug-likeness (QED) is 0.0812. The van der Waals surface area contributed by atoms with Crippen molar-refractivity contribution < 1.29 is 45.8 Å². The van der Waals surface area contributed by atoms with E-state index in [-0.39, 0.29) is 34.3 Å². The normalized spacial score (nSPS) is 12.8. The van der Waals surface area contributed by atoms with Crippen LogP contribution in [0.4, 0.5) is 27.6 Å². The smallest absolute Gasteiger partial charge is 0.395 e. The molecule has 0 spiro atoms. The summed E-state index contributed by atoms with van der Waals surface area (Å²) in [7, 11) is 1.51. The first-order chi connectivity index (χ1) is 30.5. The van der Waals surface area contributed by atoms with E-state index in [1.807, 2.05) is 32.6 Å². The van der Waals surface area contributed by atoms with E-state index in [4.69, 9.17) is 14.2 Å². The average Bonchev–Trinajstić information content (AvgIpc) is 3.27. The molecule has 64 heavy (non-hydrogen) atoms. The Kier molecular flexibility index (Phi) is 17.6. The number of nitrogens with zero attached hydrogens (tertiary/aromatic N) is 5. The minimum absolute atomic E-state index is 0.154. The molecule has 1 aliphatic rings. The summed E-state index contributed by atoms with van der Waals surface area (Å²) < 4.78 is 82.2. The zero-order chi connectivity index (χ0) is 47.3. The van der Waals surface area contributed by atoms with Crippen LogP contribution in [0, 0.1) is 12.7 Å². The predicted molar refractivity (Wildman–Crippen MR) is 235 cm³/mol. The number of para-hydroxylation sites is 2. The highest BCUT2D eigenvalue weighted by Gasteiger charge is 2.31. The first-order valence-electron chi connectivity index (χ1n) is 20.6. The second kappa shape index (κ2) is 22.6. The van der Waals surface area contributed by atoms with Gasteiger partial charge in [-0.1, -0.05) is 52.0 Å². The van der Waals surface area contributed by atoms with E-state index in [0.29, 0.717) is 60.9 Å². The van der Waals surface area contributed by atoms with Crippen molar-refractivity contribution in [2.24, 2.45) is 7.05 Å².